The van der Waals surface area contributed by atoms with Crippen LogP contribution in [0.25, 0.3) is 0 Å². The summed E-state index contributed by atoms with van der Waals surface area (Å²) in [5, 5.41) is 0. The summed E-state index contributed by atoms with van der Waals surface area (Å²) in [7, 11) is 1.65. The molecule has 0 aliphatic rings. The van der Waals surface area contributed by atoms with Gasteiger partial charge in [0, 0.05) is 12.0 Å². The Bertz CT molecular complexity index is 518. The highest BCUT2D eigenvalue weighted by Gasteiger charge is 2.07. The quantitative estimate of drug-likeness (QED) is 0.747. The van der Waals surface area contributed by atoms with Gasteiger partial charge in [0.2, 0.25) is 0 Å². The number of aryl methyl sites for hydroxylation is 1. The van der Waals surface area contributed by atoms with E-state index in [4.69, 9.17) is 4.74 Å². The molecule has 0 spiro atoms. The van der Waals surface area contributed by atoms with E-state index in [0.29, 0.717) is 12.8 Å². The molecule has 0 heterocycles. The maximum absolute atomic E-state index is 12.0. The molecular formula is C16H16O2. The SMILES string of the molecule is COc1ccccc1CCC(=O)c1ccccc1. The van der Waals surface area contributed by atoms with Gasteiger partial charge in [-0.1, -0.05) is 48.5 Å². The van der Waals surface area contributed by atoms with E-state index < -0.39 is 0 Å². The maximum Gasteiger partial charge on any atom is 0.163 e. The number of hydrogen-bond donors (Lipinski definition) is 0. The first kappa shape index (κ1) is 12.4. The molecule has 0 N–H and O–H groups in total. The Morgan fingerprint density at radius 1 is 1.00 bits per heavy atom. The van der Waals surface area contributed by atoms with Gasteiger partial charge in [0.25, 0.3) is 0 Å². The van der Waals surface area contributed by atoms with Gasteiger partial charge in [-0.3, -0.25) is 4.79 Å². The Hall–Kier alpha value is -2.09. The first-order chi connectivity index (χ1) is 8.81. The van der Waals surface area contributed by atoms with Gasteiger partial charge < -0.3 is 4.74 Å². The molecule has 0 saturated carbocycles. The average molecular weight is 240 g/mol. The van der Waals surface area contributed by atoms with E-state index >= 15 is 0 Å². The van der Waals surface area contributed by atoms with Crippen molar-refractivity contribution in [1.29, 1.82) is 0 Å². The highest BCUT2D eigenvalue weighted by atomic mass is 16.5. The number of benzene rings is 2. The monoisotopic (exact) mass is 240 g/mol. The van der Waals surface area contributed by atoms with Crippen molar-refractivity contribution in [2.75, 3.05) is 7.11 Å². The first-order valence-electron chi connectivity index (χ1n) is 6.01. The molecule has 2 aromatic rings. The fraction of sp³-hybridized carbons (Fsp3) is 0.188. The Morgan fingerprint density at radius 2 is 1.67 bits per heavy atom. The van der Waals surface area contributed by atoms with Crippen LogP contribution >= 0.6 is 0 Å². The molecule has 2 nitrogen and oxygen atoms in total. The number of carbonyl (C=O) groups is 1. The minimum atomic E-state index is 0.168. The van der Waals surface area contributed by atoms with Crippen LogP contribution in [0, 0.1) is 0 Å². The second-order valence-electron chi connectivity index (χ2n) is 4.10. The molecule has 0 aliphatic heterocycles. The molecule has 0 unspecified atom stereocenters. The molecule has 2 aromatic carbocycles. The van der Waals surface area contributed by atoms with Gasteiger partial charge in [0.05, 0.1) is 7.11 Å². The lowest BCUT2D eigenvalue weighted by Gasteiger charge is -2.07. The number of Topliss-reactive ketones (excluding diaryl/α,β-unsaturated/α-hetero) is 1. The fourth-order valence-corrected chi connectivity index (χ4v) is 1.93. The molecule has 0 amide bonds. The molecule has 2 heteroatoms. The summed E-state index contributed by atoms with van der Waals surface area (Å²) < 4.78 is 5.27. The number of para-hydroxylation sites is 1. The molecule has 0 fully saturated rings. The molecule has 0 aliphatic carbocycles. The standard InChI is InChI=1S/C16H16O2/c1-18-16-10-6-5-9-14(16)11-12-15(17)13-7-3-2-4-8-13/h2-10H,11-12H2,1H3. The zero-order valence-electron chi connectivity index (χ0n) is 10.4. The van der Waals surface area contributed by atoms with Gasteiger partial charge in [0.15, 0.2) is 5.78 Å². The van der Waals surface area contributed by atoms with Crippen molar-refractivity contribution in [1.82, 2.24) is 0 Å². The minimum Gasteiger partial charge on any atom is -0.496 e. The van der Waals surface area contributed by atoms with Crippen molar-refractivity contribution in [2.45, 2.75) is 12.8 Å². The number of carbonyl (C=O) groups excluding carboxylic acids is 1. The van der Waals surface area contributed by atoms with Gasteiger partial charge >= 0.3 is 0 Å². The second kappa shape index (κ2) is 6.01. The largest absolute Gasteiger partial charge is 0.496 e. The molecule has 92 valence electrons. The number of methoxy groups -OCH3 is 1. The van der Waals surface area contributed by atoms with E-state index in [1.54, 1.807) is 7.11 Å². The Balaban J connectivity index is 2.02. The smallest absolute Gasteiger partial charge is 0.163 e. The average Bonchev–Trinajstić information content (AvgIpc) is 2.46. The van der Waals surface area contributed by atoms with E-state index in [-0.39, 0.29) is 5.78 Å². The number of rotatable bonds is 5. The van der Waals surface area contributed by atoms with Gasteiger partial charge in [0.1, 0.15) is 5.75 Å². The van der Waals surface area contributed by atoms with Crippen molar-refractivity contribution in [3.8, 4) is 5.75 Å². The second-order valence-corrected chi connectivity index (χ2v) is 4.10. The van der Waals surface area contributed by atoms with Gasteiger partial charge in [-0.2, -0.15) is 0 Å². The molecule has 0 atom stereocenters. The van der Waals surface area contributed by atoms with Crippen molar-refractivity contribution >= 4 is 5.78 Å². The van der Waals surface area contributed by atoms with E-state index in [1.807, 2.05) is 54.6 Å². The summed E-state index contributed by atoms with van der Waals surface area (Å²) in [6, 6.07) is 17.2. The minimum absolute atomic E-state index is 0.168. The molecule has 0 bridgehead atoms. The topological polar surface area (TPSA) is 26.3 Å². The summed E-state index contributed by atoms with van der Waals surface area (Å²) in [5.41, 5.74) is 1.84. The summed E-state index contributed by atoms with van der Waals surface area (Å²) in [5.74, 6) is 1.01. The zero-order valence-corrected chi connectivity index (χ0v) is 10.4. The van der Waals surface area contributed by atoms with E-state index in [2.05, 4.69) is 0 Å². The molecule has 0 saturated heterocycles. The Morgan fingerprint density at radius 3 is 2.39 bits per heavy atom. The summed E-state index contributed by atoms with van der Waals surface area (Å²) in [4.78, 5) is 12.0. The third-order valence-electron chi connectivity index (χ3n) is 2.91. The number of hydrogen-bond acceptors (Lipinski definition) is 2. The number of ketones is 1. The third-order valence-corrected chi connectivity index (χ3v) is 2.91. The van der Waals surface area contributed by atoms with Crippen LogP contribution in [0.1, 0.15) is 22.3 Å². The predicted molar refractivity (Wildman–Crippen MR) is 72.1 cm³/mol. The normalized spacial score (nSPS) is 10.1. The van der Waals surface area contributed by atoms with Crippen molar-refractivity contribution in [3.05, 3.63) is 65.7 Å². The van der Waals surface area contributed by atoms with E-state index in [9.17, 15) is 4.79 Å². The number of ether oxygens (including phenoxy) is 1. The van der Waals surface area contributed by atoms with Gasteiger partial charge in [-0.15, -0.1) is 0 Å². The van der Waals surface area contributed by atoms with Crippen LogP contribution < -0.4 is 4.74 Å². The lowest BCUT2D eigenvalue weighted by atomic mass is 10.0. The Labute approximate surface area is 107 Å². The van der Waals surface area contributed by atoms with Crippen LogP contribution in [-0.2, 0) is 6.42 Å². The summed E-state index contributed by atoms with van der Waals surface area (Å²) in [6.45, 7) is 0. The molecule has 0 radical (unpaired) electrons. The van der Waals surface area contributed by atoms with Crippen LogP contribution in [0.2, 0.25) is 0 Å². The molecule has 2 rings (SSSR count). The molecular weight excluding hydrogens is 224 g/mol. The van der Waals surface area contributed by atoms with E-state index in [0.717, 1.165) is 16.9 Å². The van der Waals surface area contributed by atoms with Crippen LogP contribution in [-0.4, -0.2) is 12.9 Å². The van der Waals surface area contributed by atoms with Crippen molar-refractivity contribution in [3.63, 3.8) is 0 Å². The zero-order chi connectivity index (χ0) is 12.8. The van der Waals surface area contributed by atoms with Crippen LogP contribution in [0.5, 0.6) is 5.75 Å². The van der Waals surface area contributed by atoms with Crippen molar-refractivity contribution in [2.24, 2.45) is 0 Å². The third kappa shape index (κ3) is 2.98. The Kier molecular flexibility index (Phi) is 4.13. The predicted octanol–water partition coefficient (Wildman–Crippen LogP) is 3.51. The molecule has 18 heavy (non-hydrogen) atoms. The summed E-state index contributed by atoms with van der Waals surface area (Å²) in [6.07, 6.45) is 1.21. The first-order valence-corrected chi connectivity index (χ1v) is 6.01. The van der Waals surface area contributed by atoms with E-state index in [1.165, 1.54) is 0 Å². The van der Waals surface area contributed by atoms with Crippen molar-refractivity contribution < 1.29 is 9.53 Å². The van der Waals surface area contributed by atoms with Gasteiger partial charge in [-0.25, -0.2) is 0 Å². The lowest BCUT2D eigenvalue weighted by molar-refractivity contribution is 0.0982. The molecule has 0 aromatic heterocycles. The van der Waals surface area contributed by atoms with Crippen LogP contribution in [0.4, 0.5) is 0 Å². The van der Waals surface area contributed by atoms with Crippen LogP contribution in [0.3, 0.4) is 0 Å². The lowest BCUT2D eigenvalue weighted by Crippen LogP contribution is -2.01. The highest BCUT2D eigenvalue weighted by Crippen LogP contribution is 2.19. The fourth-order valence-electron chi connectivity index (χ4n) is 1.93. The highest BCUT2D eigenvalue weighted by molar-refractivity contribution is 5.96. The van der Waals surface area contributed by atoms with Crippen LogP contribution in [0.15, 0.2) is 54.6 Å². The van der Waals surface area contributed by atoms with Gasteiger partial charge in [-0.05, 0) is 18.1 Å². The summed E-state index contributed by atoms with van der Waals surface area (Å²) >= 11 is 0. The maximum atomic E-state index is 12.0.